The summed E-state index contributed by atoms with van der Waals surface area (Å²) in [4.78, 5) is 16.7. The monoisotopic (exact) mass is 345 g/mol. The zero-order valence-corrected chi connectivity index (χ0v) is 15.7. The van der Waals surface area contributed by atoms with Crippen LogP contribution in [-0.2, 0) is 17.7 Å². The Hall–Kier alpha value is -1.24. The van der Waals surface area contributed by atoms with Crippen LogP contribution in [-0.4, -0.2) is 78.8 Å². The van der Waals surface area contributed by atoms with Crippen LogP contribution in [0.25, 0.3) is 0 Å². The minimum Gasteiger partial charge on any atom is -0.381 e. The second-order valence-electron chi connectivity index (χ2n) is 7.83. The van der Waals surface area contributed by atoms with Crippen LogP contribution < -0.4 is 4.90 Å². The molecule has 0 spiro atoms. The Bertz CT molecular complexity index is 581. The van der Waals surface area contributed by atoms with Gasteiger partial charge in [0.05, 0.1) is 5.69 Å². The number of nitrogens with zero attached hydrogens (tertiary/aromatic N) is 5. The highest BCUT2D eigenvalue weighted by atomic mass is 16.5. The molecule has 0 aliphatic carbocycles. The van der Waals surface area contributed by atoms with Gasteiger partial charge in [0.1, 0.15) is 12.1 Å². The minimum absolute atomic E-state index is 0.585. The van der Waals surface area contributed by atoms with Crippen molar-refractivity contribution in [2.45, 2.75) is 50.7 Å². The molecule has 0 atom stereocenters. The molecule has 25 heavy (non-hydrogen) atoms. The summed E-state index contributed by atoms with van der Waals surface area (Å²) in [5.74, 6) is 1.15. The van der Waals surface area contributed by atoms with Gasteiger partial charge in [-0.05, 0) is 32.7 Å². The third-order valence-corrected chi connectivity index (χ3v) is 6.26. The Balaban J connectivity index is 1.42. The fraction of sp³-hybridized carbons (Fsp3) is 0.789. The van der Waals surface area contributed by atoms with E-state index in [-0.39, 0.29) is 0 Å². The van der Waals surface area contributed by atoms with Crippen LogP contribution in [0.2, 0.25) is 0 Å². The molecule has 138 valence electrons. The Labute approximate surface area is 151 Å². The van der Waals surface area contributed by atoms with Crippen LogP contribution in [0, 0.1) is 0 Å². The third-order valence-electron chi connectivity index (χ3n) is 6.26. The highest BCUT2D eigenvalue weighted by molar-refractivity contribution is 5.49. The van der Waals surface area contributed by atoms with Gasteiger partial charge in [0, 0.05) is 70.5 Å². The second-order valence-corrected chi connectivity index (χ2v) is 7.83. The van der Waals surface area contributed by atoms with Gasteiger partial charge in [-0.3, -0.25) is 0 Å². The smallest absolute Gasteiger partial charge is 0.136 e. The lowest BCUT2D eigenvalue weighted by atomic mass is 9.98. The predicted octanol–water partition coefficient (Wildman–Crippen LogP) is 1.54. The zero-order chi connectivity index (χ0) is 17.2. The number of likely N-dealkylation sites (tertiary alicyclic amines) is 1. The minimum atomic E-state index is 0.585. The zero-order valence-electron chi connectivity index (χ0n) is 15.7. The molecule has 0 bridgehead atoms. The molecule has 3 aliphatic heterocycles. The summed E-state index contributed by atoms with van der Waals surface area (Å²) in [6.45, 7) is 6.34. The molecule has 0 saturated carbocycles. The fourth-order valence-corrected chi connectivity index (χ4v) is 4.63. The Kier molecular flexibility index (Phi) is 5.20. The molecule has 3 aliphatic rings. The quantitative estimate of drug-likeness (QED) is 0.828. The second kappa shape index (κ2) is 7.56. The first-order chi connectivity index (χ1) is 12.2. The summed E-state index contributed by atoms with van der Waals surface area (Å²) in [6, 6.07) is 1.32. The molecular weight excluding hydrogens is 314 g/mol. The van der Waals surface area contributed by atoms with Crippen molar-refractivity contribution >= 4 is 5.82 Å². The Morgan fingerprint density at radius 2 is 1.84 bits per heavy atom. The van der Waals surface area contributed by atoms with E-state index < -0.39 is 0 Å². The van der Waals surface area contributed by atoms with Gasteiger partial charge in [0.15, 0.2) is 0 Å². The van der Waals surface area contributed by atoms with E-state index in [2.05, 4.69) is 38.8 Å². The summed E-state index contributed by atoms with van der Waals surface area (Å²) < 4.78 is 5.52. The molecule has 6 heteroatoms. The van der Waals surface area contributed by atoms with Crippen molar-refractivity contribution in [3.05, 3.63) is 17.6 Å². The lowest BCUT2D eigenvalue weighted by Crippen LogP contribution is -2.49. The van der Waals surface area contributed by atoms with Crippen LogP contribution in [0.15, 0.2) is 6.33 Å². The van der Waals surface area contributed by atoms with Gasteiger partial charge < -0.3 is 19.4 Å². The maximum atomic E-state index is 5.52. The SMILES string of the molecule is CN1CCc2ncnc(N(C)C3CCN(C4CCOCC4)CC3)c2C1. The summed E-state index contributed by atoms with van der Waals surface area (Å²) in [6.07, 6.45) is 7.65. The van der Waals surface area contributed by atoms with E-state index in [1.54, 1.807) is 6.33 Å². The molecule has 2 saturated heterocycles. The van der Waals surface area contributed by atoms with Crippen LogP contribution in [0.3, 0.4) is 0 Å². The van der Waals surface area contributed by atoms with Gasteiger partial charge >= 0.3 is 0 Å². The highest BCUT2D eigenvalue weighted by Crippen LogP contribution is 2.29. The molecule has 4 heterocycles. The largest absolute Gasteiger partial charge is 0.381 e. The number of anilines is 1. The third kappa shape index (κ3) is 3.66. The van der Waals surface area contributed by atoms with E-state index in [0.29, 0.717) is 6.04 Å². The van der Waals surface area contributed by atoms with Crippen molar-refractivity contribution in [2.75, 3.05) is 51.8 Å². The van der Waals surface area contributed by atoms with Crippen molar-refractivity contribution in [2.24, 2.45) is 0 Å². The van der Waals surface area contributed by atoms with Gasteiger partial charge in [-0.2, -0.15) is 0 Å². The van der Waals surface area contributed by atoms with E-state index in [9.17, 15) is 0 Å². The molecule has 0 radical (unpaired) electrons. The average molecular weight is 345 g/mol. The number of ether oxygens (including phenoxy) is 1. The molecule has 1 aromatic rings. The number of piperidine rings is 1. The summed E-state index contributed by atoms with van der Waals surface area (Å²) in [5, 5.41) is 0. The van der Waals surface area contributed by atoms with Crippen molar-refractivity contribution in [1.29, 1.82) is 0 Å². The van der Waals surface area contributed by atoms with E-state index in [4.69, 9.17) is 4.74 Å². The summed E-state index contributed by atoms with van der Waals surface area (Å²) >= 11 is 0. The molecule has 1 aromatic heterocycles. The van der Waals surface area contributed by atoms with Crippen LogP contribution in [0.4, 0.5) is 5.82 Å². The molecule has 0 aromatic carbocycles. The molecule has 0 amide bonds. The number of likely N-dealkylation sites (N-methyl/N-ethyl adjacent to an activating group) is 1. The topological polar surface area (TPSA) is 44.7 Å². The van der Waals surface area contributed by atoms with Crippen molar-refractivity contribution in [1.82, 2.24) is 19.8 Å². The molecular formula is C19H31N5O. The van der Waals surface area contributed by atoms with Gasteiger partial charge in [-0.1, -0.05) is 0 Å². The van der Waals surface area contributed by atoms with E-state index >= 15 is 0 Å². The van der Waals surface area contributed by atoms with Crippen LogP contribution >= 0.6 is 0 Å². The lowest BCUT2D eigenvalue weighted by molar-refractivity contribution is 0.0253. The first kappa shape index (κ1) is 17.2. The molecule has 4 rings (SSSR count). The number of hydrogen-bond acceptors (Lipinski definition) is 6. The van der Waals surface area contributed by atoms with Crippen LogP contribution in [0.1, 0.15) is 36.9 Å². The standard InChI is InChI=1S/C19H31N5O/c1-22-8-5-18-17(13-22)19(21-14-20-18)23(2)15-3-9-24(10-4-15)16-6-11-25-12-7-16/h14-16H,3-13H2,1-2H3. The molecule has 0 N–H and O–H groups in total. The first-order valence-corrected chi connectivity index (χ1v) is 9.78. The Morgan fingerprint density at radius 1 is 1.08 bits per heavy atom. The fourth-order valence-electron chi connectivity index (χ4n) is 4.63. The number of hydrogen-bond donors (Lipinski definition) is 0. The van der Waals surface area contributed by atoms with Gasteiger partial charge in [-0.15, -0.1) is 0 Å². The van der Waals surface area contributed by atoms with Gasteiger partial charge in [-0.25, -0.2) is 9.97 Å². The first-order valence-electron chi connectivity index (χ1n) is 9.78. The number of rotatable bonds is 3. The lowest BCUT2D eigenvalue weighted by Gasteiger charge is -2.42. The normalized spacial score (nSPS) is 24.2. The summed E-state index contributed by atoms with van der Waals surface area (Å²) in [7, 11) is 4.41. The van der Waals surface area contributed by atoms with Crippen LogP contribution in [0.5, 0.6) is 0 Å². The molecule has 0 unspecified atom stereocenters. The van der Waals surface area contributed by atoms with E-state index in [1.807, 2.05) is 0 Å². The van der Waals surface area contributed by atoms with Gasteiger partial charge in [0.2, 0.25) is 0 Å². The Morgan fingerprint density at radius 3 is 2.60 bits per heavy atom. The van der Waals surface area contributed by atoms with Crippen molar-refractivity contribution in [3.63, 3.8) is 0 Å². The van der Waals surface area contributed by atoms with E-state index in [0.717, 1.165) is 44.6 Å². The summed E-state index contributed by atoms with van der Waals surface area (Å²) in [5.41, 5.74) is 2.58. The van der Waals surface area contributed by atoms with Crippen molar-refractivity contribution in [3.8, 4) is 0 Å². The van der Waals surface area contributed by atoms with Gasteiger partial charge in [0.25, 0.3) is 0 Å². The average Bonchev–Trinajstić information content (AvgIpc) is 2.68. The van der Waals surface area contributed by atoms with E-state index in [1.165, 1.54) is 50.0 Å². The molecule has 2 fully saturated rings. The number of aromatic nitrogens is 2. The maximum Gasteiger partial charge on any atom is 0.136 e. The maximum absolute atomic E-state index is 5.52. The molecule has 6 nitrogen and oxygen atoms in total. The number of fused-ring (bicyclic) bond motifs is 1. The highest BCUT2D eigenvalue weighted by Gasteiger charge is 2.30. The predicted molar refractivity (Wildman–Crippen MR) is 98.9 cm³/mol. The van der Waals surface area contributed by atoms with Crippen molar-refractivity contribution < 1.29 is 4.74 Å².